The molecular formula is C18H24O5. The molecule has 2 unspecified atom stereocenters. The summed E-state index contributed by atoms with van der Waals surface area (Å²) in [5, 5.41) is 9.59. The molecule has 1 aromatic carbocycles. The van der Waals surface area contributed by atoms with Crippen LogP contribution in [0, 0.1) is 16.7 Å². The summed E-state index contributed by atoms with van der Waals surface area (Å²) in [6.07, 6.45) is 1.05. The van der Waals surface area contributed by atoms with Gasteiger partial charge >= 0.3 is 5.97 Å². The number of aliphatic carboxylic acids is 1. The first-order valence-corrected chi connectivity index (χ1v) is 7.68. The van der Waals surface area contributed by atoms with Crippen LogP contribution in [0.25, 0.3) is 0 Å². The average molecular weight is 320 g/mol. The van der Waals surface area contributed by atoms with Crippen LogP contribution in [0.3, 0.4) is 0 Å². The van der Waals surface area contributed by atoms with E-state index in [1.165, 1.54) is 7.11 Å². The van der Waals surface area contributed by atoms with Gasteiger partial charge in [0.15, 0.2) is 5.78 Å². The van der Waals surface area contributed by atoms with Crippen molar-refractivity contribution in [3.05, 3.63) is 23.8 Å². The third kappa shape index (κ3) is 2.58. The van der Waals surface area contributed by atoms with Crippen LogP contribution in [-0.2, 0) is 4.79 Å². The zero-order valence-corrected chi connectivity index (χ0v) is 14.3. The summed E-state index contributed by atoms with van der Waals surface area (Å²) in [6.45, 7) is 5.47. The molecule has 0 saturated heterocycles. The van der Waals surface area contributed by atoms with E-state index >= 15 is 0 Å². The molecule has 1 aliphatic rings. The zero-order chi connectivity index (χ0) is 17.4. The van der Waals surface area contributed by atoms with Gasteiger partial charge in [-0.2, -0.15) is 0 Å². The molecular weight excluding hydrogens is 296 g/mol. The molecule has 1 N–H and O–H groups in total. The number of hydrogen-bond donors (Lipinski definition) is 1. The van der Waals surface area contributed by atoms with E-state index in [0.717, 1.165) is 0 Å². The smallest absolute Gasteiger partial charge is 0.309 e. The molecule has 0 amide bonds. The number of rotatable bonds is 5. The van der Waals surface area contributed by atoms with Crippen LogP contribution >= 0.6 is 0 Å². The van der Waals surface area contributed by atoms with E-state index in [1.54, 1.807) is 32.2 Å². The van der Waals surface area contributed by atoms with Crippen molar-refractivity contribution in [2.75, 3.05) is 14.2 Å². The Morgan fingerprint density at radius 3 is 2.30 bits per heavy atom. The maximum Gasteiger partial charge on any atom is 0.309 e. The van der Waals surface area contributed by atoms with E-state index in [1.807, 2.05) is 13.8 Å². The molecule has 2 rings (SSSR count). The highest BCUT2D eigenvalue weighted by molar-refractivity contribution is 6.01. The van der Waals surface area contributed by atoms with Crippen molar-refractivity contribution in [3.8, 4) is 11.5 Å². The minimum Gasteiger partial charge on any atom is -0.497 e. The second-order valence-corrected chi connectivity index (χ2v) is 6.88. The van der Waals surface area contributed by atoms with Crippen molar-refractivity contribution in [1.29, 1.82) is 0 Å². The first kappa shape index (κ1) is 17.3. The van der Waals surface area contributed by atoms with E-state index in [4.69, 9.17) is 9.47 Å². The van der Waals surface area contributed by atoms with Crippen molar-refractivity contribution in [1.82, 2.24) is 0 Å². The standard InChI is InChI=1S/C18H24O5/c1-17(2)13(8-9-18(17,3)16(20)21)15(19)12-7-6-11(22-4)10-14(12)23-5/h6-7,10,13H,8-9H2,1-5H3,(H,20,21). The number of carboxylic acids is 1. The Bertz CT molecular complexity index is 634. The van der Waals surface area contributed by atoms with Gasteiger partial charge in [0.05, 0.1) is 25.2 Å². The lowest BCUT2D eigenvalue weighted by atomic mass is 9.64. The van der Waals surface area contributed by atoms with Gasteiger partial charge in [-0.15, -0.1) is 0 Å². The Balaban J connectivity index is 2.41. The molecule has 5 heteroatoms. The van der Waals surface area contributed by atoms with Crippen molar-refractivity contribution in [2.45, 2.75) is 33.6 Å². The van der Waals surface area contributed by atoms with Crippen molar-refractivity contribution >= 4 is 11.8 Å². The summed E-state index contributed by atoms with van der Waals surface area (Å²) < 4.78 is 10.5. The molecule has 0 spiro atoms. The number of ether oxygens (including phenoxy) is 2. The predicted octanol–water partition coefficient (Wildman–Crippen LogP) is 3.41. The van der Waals surface area contributed by atoms with Crippen molar-refractivity contribution in [2.24, 2.45) is 16.7 Å². The molecule has 23 heavy (non-hydrogen) atoms. The van der Waals surface area contributed by atoms with Gasteiger partial charge in [0.1, 0.15) is 11.5 Å². The molecule has 1 aromatic rings. The minimum absolute atomic E-state index is 0.0699. The predicted molar refractivity (Wildman–Crippen MR) is 86.1 cm³/mol. The second kappa shape index (κ2) is 5.87. The van der Waals surface area contributed by atoms with Gasteiger partial charge < -0.3 is 14.6 Å². The fourth-order valence-electron chi connectivity index (χ4n) is 3.53. The van der Waals surface area contributed by atoms with Gasteiger partial charge in [0, 0.05) is 12.0 Å². The van der Waals surface area contributed by atoms with Gasteiger partial charge in [-0.3, -0.25) is 9.59 Å². The van der Waals surface area contributed by atoms with Crippen molar-refractivity contribution in [3.63, 3.8) is 0 Å². The molecule has 0 aliphatic heterocycles. The lowest BCUT2D eigenvalue weighted by Crippen LogP contribution is -2.42. The van der Waals surface area contributed by atoms with Crippen LogP contribution in [0.4, 0.5) is 0 Å². The third-order valence-corrected chi connectivity index (χ3v) is 5.69. The number of carboxylic acid groups (broad SMARTS) is 1. The normalized spacial score (nSPS) is 25.9. The maximum absolute atomic E-state index is 13.0. The third-order valence-electron chi connectivity index (χ3n) is 5.69. The van der Waals surface area contributed by atoms with Crippen LogP contribution in [0.2, 0.25) is 0 Å². The zero-order valence-electron chi connectivity index (χ0n) is 14.3. The molecule has 5 nitrogen and oxygen atoms in total. The first-order valence-electron chi connectivity index (χ1n) is 7.68. The molecule has 0 bridgehead atoms. The van der Waals surface area contributed by atoms with Crippen molar-refractivity contribution < 1.29 is 24.2 Å². The van der Waals surface area contributed by atoms with E-state index in [0.29, 0.717) is 29.9 Å². The molecule has 0 heterocycles. The highest BCUT2D eigenvalue weighted by Crippen LogP contribution is 2.57. The molecule has 0 aromatic heterocycles. The van der Waals surface area contributed by atoms with Gasteiger partial charge in [-0.05, 0) is 37.3 Å². The maximum atomic E-state index is 13.0. The Hall–Kier alpha value is -2.04. The average Bonchev–Trinajstić information content (AvgIpc) is 2.77. The van der Waals surface area contributed by atoms with Gasteiger partial charge in [0.25, 0.3) is 0 Å². The van der Waals surface area contributed by atoms with E-state index < -0.39 is 16.8 Å². The fourth-order valence-corrected chi connectivity index (χ4v) is 3.53. The van der Waals surface area contributed by atoms with E-state index in [2.05, 4.69) is 0 Å². The number of benzene rings is 1. The Kier molecular flexibility index (Phi) is 4.42. The monoisotopic (exact) mass is 320 g/mol. The molecule has 126 valence electrons. The highest BCUT2D eigenvalue weighted by Gasteiger charge is 2.58. The number of Topliss-reactive ketones (excluding diaryl/α,β-unsaturated/α-hetero) is 1. The lowest BCUT2D eigenvalue weighted by Gasteiger charge is -2.38. The first-order chi connectivity index (χ1) is 10.7. The summed E-state index contributed by atoms with van der Waals surface area (Å²) >= 11 is 0. The van der Waals surface area contributed by atoms with Crippen LogP contribution in [0.1, 0.15) is 44.0 Å². The number of hydrogen-bond acceptors (Lipinski definition) is 4. The Morgan fingerprint density at radius 1 is 1.17 bits per heavy atom. The fraction of sp³-hybridized carbons (Fsp3) is 0.556. The van der Waals surface area contributed by atoms with Crippen LogP contribution in [0.15, 0.2) is 18.2 Å². The topological polar surface area (TPSA) is 72.8 Å². The van der Waals surface area contributed by atoms with Crippen LogP contribution < -0.4 is 9.47 Å². The number of ketones is 1. The van der Waals surface area contributed by atoms with Crippen LogP contribution in [0.5, 0.6) is 11.5 Å². The highest BCUT2D eigenvalue weighted by atomic mass is 16.5. The second-order valence-electron chi connectivity index (χ2n) is 6.88. The minimum atomic E-state index is -0.910. The van der Waals surface area contributed by atoms with Gasteiger partial charge in [-0.25, -0.2) is 0 Å². The molecule has 1 saturated carbocycles. The Morgan fingerprint density at radius 2 is 1.83 bits per heavy atom. The largest absolute Gasteiger partial charge is 0.497 e. The van der Waals surface area contributed by atoms with E-state index in [9.17, 15) is 14.7 Å². The SMILES string of the molecule is COc1ccc(C(=O)C2CCC(C)(C(=O)O)C2(C)C)c(OC)c1. The molecule has 0 radical (unpaired) electrons. The molecule has 1 aliphatic carbocycles. The lowest BCUT2D eigenvalue weighted by molar-refractivity contribution is -0.153. The number of carbonyl (C=O) groups is 2. The quantitative estimate of drug-likeness (QED) is 0.842. The Labute approximate surface area is 136 Å². The summed E-state index contributed by atoms with van der Waals surface area (Å²) in [5.74, 6) is -0.210. The summed E-state index contributed by atoms with van der Waals surface area (Å²) in [5.41, 5.74) is -1.07. The molecule has 1 fully saturated rings. The van der Waals surface area contributed by atoms with Gasteiger partial charge in [0.2, 0.25) is 0 Å². The number of carbonyl (C=O) groups excluding carboxylic acids is 1. The summed E-state index contributed by atoms with van der Waals surface area (Å²) in [6, 6.07) is 5.08. The van der Waals surface area contributed by atoms with E-state index in [-0.39, 0.29) is 11.7 Å². The summed E-state index contributed by atoms with van der Waals surface area (Å²) in [4.78, 5) is 24.7. The number of methoxy groups -OCH3 is 2. The summed E-state index contributed by atoms with van der Waals surface area (Å²) in [7, 11) is 3.06. The van der Waals surface area contributed by atoms with Gasteiger partial charge in [-0.1, -0.05) is 13.8 Å². The molecule has 2 atom stereocenters. The van der Waals surface area contributed by atoms with Crippen LogP contribution in [-0.4, -0.2) is 31.1 Å².